The van der Waals surface area contributed by atoms with Crippen LogP contribution in [0.4, 0.5) is 0 Å². The van der Waals surface area contributed by atoms with Crippen molar-refractivity contribution in [2.75, 3.05) is 0 Å². The van der Waals surface area contributed by atoms with Crippen molar-refractivity contribution in [2.24, 2.45) is 0 Å². The largest absolute Gasteiger partial charge is 0.457 e. The Kier molecular flexibility index (Phi) is 6.77. The van der Waals surface area contributed by atoms with E-state index in [1.807, 2.05) is 18.2 Å². The lowest BCUT2D eigenvalue weighted by molar-refractivity contribution is 0.436. The van der Waals surface area contributed by atoms with Gasteiger partial charge in [-0.25, -0.2) is 9.97 Å². The van der Waals surface area contributed by atoms with E-state index in [9.17, 15) is 0 Å². The summed E-state index contributed by atoms with van der Waals surface area (Å²) in [5, 5.41) is 2.43. The van der Waals surface area contributed by atoms with E-state index in [0.29, 0.717) is 5.82 Å². The summed E-state index contributed by atoms with van der Waals surface area (Å²) in [6, 6.07) is 68.9. The third-order valence-corrected chi connectivity index (χ3v) is 11.2. The highest BCUT2D eigenvalue weighted by Crippen LogP contribution is 2.63. The van der Waals surface area contributed by atoms with Crippen molar-refractivity contribution in [3.05, 3.63) is 216 Å². The maximum atomic E-state index is 6.59. The number of hydrogen-bond acceptors (Lipinski definition) is 3. The Morgan fingerprint density at radius 1 is 0.352 bits per heavy atom. The fourth-order valence-electron chi connectivity index (χ4n) is 8.87. The van der Waals surface area contributed by atoms with Gasteiger partial charge in [0.1, 0.15) is 11.5 Å². The molecule has 0 amide bonds. The Balaban J connectivity index is 1.18. The molecule has 2 heterocycles. The maximum absolute atomic E-state index is 6.59. The van der Waals surface area contributed by atoms with Gasteiger partial charge in [-0.3, -0.25) is 0 Å². The molecule has 0 saturated heterocycles. The molecule has 8 aromatic carbocycles. The third-order valence-electron chi connectivity index (χ3n) is 11.2. The van der Waals surface area contributed by atoms with Gasteiger partial charge in [-0.05, 0) is 68.4 Å². The Morgan fingerprint density at radius 3 is 1.67 bits per heavy atom. The predicted molar refractivity (Wildman–Crippen MR) is 219 cm³/mol. The van der Waals surface area contributed by atoms with Gasteiger partial charge in [-0.1, -0.05) is 170 Å². The number of fused-ring (bicyclic) bond motifs is 10. The van der Waals surface area contributed by atoms with Crippen LogP contribution in [0.2, 0.25) is 0 Å². The number of rotatable bonds is 4. The molecule has 0 radical (unpaired) electrons. The predicted octanol–water partition coefficient (Wildman–Crippen LogP) is 12.8. The number of para-hydroxylation sites is 2. The maximum Gasteiger partial charge on any atom is 0.160 e. The minimum Gasteiger partial charge on any atom is -0.457 e. The normalized spacial score (nSPS) is 13.1. The van der Waals surface area contributed by atoms with E-state index in [2.05, 4.69) is 176 Å². The lowest BCUT2D eigenvalue weighted by atomic mass is 9.66. The summed E-state index contributed by atoms with van der Waals surface area (Å²) in [6.45, 7) is 0. The summed E-state index contributed by atoms with van der Waals surface area (Å²) in [6.07, 6.45) is 0. The van der Waals surface area contributed by atoms with Crippen molar-refractivity contribution in [3.63, 3.8) is 0 Å². The molecule has 2 aliphatic rings. The molecule has 3 nitrogen and oxygen atoms in total. The zero-order chi connectivity index (χ0) is 35.6. The molecule has 252 valence electrons. The summed E-state index contributed by atoms with van der Waals surface area (Å²) in [5.41, 5.74) is 13.7. The van der Waals surface area contributed by atoms with Gasteiger partial charge in [0.15, 0.2) is 5.82 Å². The van der Waals surface area contributed by atoms with Gasteiger partial charge in [0.05, 0.1) is 16.8 Å². The Bertz CT molecular complexity index is 2880. The van der Waals surface area contributed by atoms with Gasteiger partial charge in [-0.15, -0.1) is 0 Å². The Labute approximate surface area is 313 Å². The lowest BCUT2D eigenvalue weighted by Gasteiger charge is -2.39. The van der Waals surface area contributed by atoms with Crippen LogP contribution in [0, 0.1) is 0 Å². The number of aromatic nitrogens is 2. The molecule has 0 N–H and O–H groups in total. The fourth-order valence-corrected chi connectivity index (χ4v) is 8.87. The van der Waals surface area contributed by atoms with Crippen molar-refractivity contribution in [1.29, 1.82) is 0 Å². The smallest absolute Gasteiger partial charge is 0.160 e. The standard InChI is InChI=1S/C51H32N2O/c1-2-16-34(17-3-1)50-52-45(38-20-7-6-19-37(38)36-30-29-33-15-4-5-18-35(33)31-36)32-46(53-50)40-22-14-26-44-49(40)39-21-8-9-23-41(39)51(44)42-24-10-12-27-47(42)54-48-28-13-11-25-43(48)51/h1-32H. The zero-order valence-corrected chi connectivity index (χ0v) is 29.3. The van der Waals surface area contributed by atoms with Gasteiger partial charge in [-0.2, -0.15) is 0 Å². The highest BCUT2D eigenvalue weighted by molar-refractivity contribution is 5.97. The monoisotopic (exact) mass is 688 g/mol. The van der Waals surface area contributed by atoms with E-state index in [1.165, 1.54) is 33.0 Å². The van der Waals surface area contributed by atoms with Crippen molar-refractivity contribution >= 4 is 10.8 Å². The van der Waals surface area contributed by atoms with Crippen LogP contribution in [-0.4, -0.2) is 9.97 Å². The van der Waals surface area contributed by atoms with Crippen molar-refractivity contribution in [2.45, 2.75) is 5.41 Å². The third kappa shape index (κ3) is 4.49. The molecular weight excluding hydrogens is 657 g/mol. The second-order valence-electron chi connectivity index (χ2n) is 14.1. The van der Waals surface area contributed by atoms with Crippen LogP contribution in [0.25, 0.3) is 66.9 Å². The number of hydrogen-bond donors (Lipinski definition) is 0. The van der Waals surface area contributed by atoms with E-state index < -0.39 is 5.41 Å². The highest BCUT2D eigenvalue weighted by Gasteiger charge is 2.51. The highest BCUT2D eigenvalue weighted by atomic mass is 16.5. The minimum atomic E-state index is -0.561. The van der Waals surface area contributed by atoms with Crippen LogP contribution in [0.3, 0.4) is 0 Å². The minimum absolute atomic E-state index is 0.561. The molecule has 1 aliphatic heterocycles. The van der Waals surface area contributed by atoms with Gasteiger partial charge in [0.2, 0.25) is 0 Å². The second kappa shape index (κ2) is 12.0. The molecule has 0 unspecified atom stereocenters. The summed E-state index contributed by atoms with van der Waals surface area (Å²) in [7, 11) is 0. The quantitative estimate of drug-likeness (QED) is 0.185. The van der Waals surface area contributed by atoms with Crippen molar-refractivity contribution in [3.8, 4) is 67.7 Å². The van der Waals surface area contributed by atoms with Crippen LogP contribution in [0.5, 0.6) is 11.5 Å². The molecule has 0 saturated carbocycles. The van der Waals surface area contributed by atoms with Crippen LogP contribution in [0.1, 0.15) is 22.3 Å². The average Bonchev–Trinajstić information content (AvgIpc) is 3.54. The first-order chi connectivity index (χ1) is 26.8. The summed E-state index contributed by atoms with van der Waals surface area (Å²) >= 11 is 0. The number of nitrogens with zero attached hydrogens (tertiary/aromatic N) is 2. The Morgan fingerprint density at radius 2 is 0.907 bits per heavy atom. The van der Waals surface area contributed by atoms with E-state index >= 15 is 0 Å². The van der Waals surface area contributed by atoms with E-state index in [4.69, 9.17) is 14.7 Å². The molecule has 9 aromatic rings. The first kappa shape index (κ1) is 30.5. The summed E-state index contributed by atoms with van der Waals surface area (Å²) in [4.78, 5) is 10.7. The first-order valence-corrected chi connectivity index (χ1v) is 18.4. The molecular formula is C51H32N2O. The van der Waals surface area contributed by atoms with Crippen LogP contribution >= 0.6 is 0 Å². The average molecular weight is 689 g/mol. The zero-order valence-electron chi connectivity index (χ0n) is 29.3. The molecule has 11 rings (SSSR count). The first-order valence-electron chi connectivity index (χ1n) is 18.4. The molecule has 1 aliphatic carbocycles. The van der Waals surface area contributed by atoms with Gasteiger partial charge in [0, 0.05) is 27.8 Å². The molecule has 1 spiro atoms. The van der Waals surface area contributed by atoms with Crippen LogP contribution < -0.4 is 4.74 Å². The molecule has 1 aromatic heterocycles. The number of benzene rings is 8. The molecule has 3 heteroatoms. The van der Waals surface area contributed by atoms with Gasteiger partial charge in [0.25, 0.3) is 0 Å². The molecule has 54 heavy (non-hydrogen) atoms. The molecule has 0 fully saturated rings. The topological polar surface area (TPSA) is 35.0 Å². The van der Waals surface area contributed by atoms with Crippen LogP contribution in [-0.2, 0) is 5.41 Å². The lowest BCUT2D eigenvalue weighted by Crippen LogP contribution is -2.32. The fraction of sp³-hybridized carbons (Fsp3) is 0.0196. The van der Waals surface area contributed by atoms with Crippen molar-refractivity contribution in [1.82, 2.24) is 9.97 Å². The van der Waals surface area contributed by atoms with E-state index in [0.717, 1.165) is 61.8 Å². The summed E-state index contributed by atoms with van der Waals surface area (Å²) < 4.78 is 6.59. The van der Waals surface area contributed by atoms with Gasteiger partial charge < -0.3 is 4.74 Å². The van der Waals surface area contributed by atoms with E-state index in [-0.39, 0.29) is 0 Å². The summed E-state index contributed by atoms with van der Waals surface area (Å²) in [5.74, 6) is 2.45. The molecule has 0 bridgehead atoms. The van der Waals surface area contributed by atoms with Crippen LogP contribution in [0.15, 0.2) is 194 Å². The SMILES string of the molecule is c1ccc(-c2nc(-c3ccccc3-c3ccc4ccccc4c3)cc(-c3cccc4c3-c3ccccc3C43c4ccccc4Oc4ccccc43)n2)cc1. The Hall–Kier alpha value is -7.10. The molecule has 0 atom stereocenters. The second-order valence-corrected chi connectivity index (χ2v) is 14.1. The van der Waals surface area contributed by atoms with Crippen molar-refractivity contribution < 1.29 is 4.74 Å². The van der Waals surface area contributed by atoms with E-state index in [1.54, 1.807) is 0 Å². The van der Waals surface area contributed by atoms with Gasteiger partial charge >= 0.3 is 0 Å². The number of ether oxygens (including phenoxy) is 1.